The maximum absolute atomic E-state index is 11.8. The summed E-state index contributed by atoms with van der Waals surface area (Å²) >= 11 is 1.31. The summed E-state index contributed by atoms with van der Waals surface area (Å²) in [6.07, 6.45) is 0.968. The molecule has 1 amide bonds. The van der Waals surface area contributed by atoms with Crippen LogP contribution in [0.3, 0.4) is 0 Å². The molecule has 0 bridgehead atoms. The predicted molar refractivity (Wildman–Crippen MR) is 86.4 cm³/mol. The van der Waals surface area contributed by atoms with Crippen LogP contribution < -0.4 is 11.1 Å². The molecule has 1 aromatic carbocycles. The molecule has 0 radical (unpaired) electrons. The Labute approximate surface area is 129 Å². The van der Waals surface area contributed by atoms with Gasteiger partial charge in [0, 0.05) is 11.4 Å². The van der Waals surface area contributed by atoms with Gasteiger partial charge in [-0.3, -0.25) is 9.59 Å². The SMILES string of the molecule is CCOC(=O)C(N)CSCC(=O)Nc1ccc(CC)cc1. The fraction of sp³-hybridized carbons (Fsp3) is 0.467. The van der Waals surface area contributed by atoms with Crippen LogP contribution in [-0.4, -0.2) is 36.0 Å². The molecule has 0 fully saturated rings. The number of amides is 1. The summed E-state index contributed by atoms with van der Waals surface area (Å²) in [4.78, 5) is 23.1. The van der Waals surface area contributed by atoms with Gasteiger partial charge in [0.15, 0.2) is 0 Å². The van der Waals surface area contributed by atoms with Gasteiger partial charge >= 0.3 is 5.97 Å². The van der Waals surface area contributed by atoms with Crippen LogP contribution in [0.4, 0.5) is 5.69 Å². The zero-order chi connectivity index (χ0) is 15.7. The van der Waals surface area contributed by atoms with E-state index in [1.807, 2.05) is 24.3 Å². The third-order valence-electron chi connectivity index (χ3n) is 2.77. The molecule has 0 saturated heterocycles. The number of aryl methyl sites for hydroxylation is 1. The summed E-state index contributed by atoms with van der Waals surface area (Å²) in [6.45, 7) is 4.12. The minimum absolute atomic E-state index is 0.111. The molecule has 6 heteroatoms. The van der Waals surface area contributed by atoms with E-state index in [1.165, 1.54) is 17.3 Å². The number of benzene rings is 1. The molecule has 0 aliphatic carbocycles. The van der Waals surface area contributed by atoms with Crippen molar-refractivity contribution in [2.45, 2.75) is 26.3 Å². The number of thioether (sulfide) groups is 1. The quantitative estimate of drug-likeness (QED) is 0.716. The standard InChI is InChI=1S/C15H22N2O3S/c1-3-11-5-7-12(8-6-11)17-14(18)10-21-9-13(16)15(19)20-4-2/h5-8,13H,3-4,9-10,16H2,1-2H3,(H,17,18). The number of anilines is 1. The first-order valence-electron chi connectivity index (χ1n) is 6.95. The lowest BCUT2D eigenvalue weighted by molar-refractivity contribution is -0.144. The third-order valence-corrected chi connectivity index (χ3v) is 3.83. The smallest absolute Gasteiger partial charge is 0.323 e. The van der Waals surface area contributed by atoms with E-state index in [9.17, 15) is 9.59 Å². The van der Waals surface area contributed by atoms with E-state index >= 15 is 0 Å². The topological polar surface area (TPSA) is 81.4 Å². The number of esters is 1. The number of nitrogens with one attached hydrogen (secondary N) is 1. The minimum Gasteiger partial charge on any atom is -0.465 e. The van der Waals surface area contributed by atoms with Crippen LogP contribution >= 0.6 is 11.8 Å². The highest BCUT2D eigenvalue weighted by molar-refractivity contribution is 8.00. The van der Waals surface area contributed by atoms with Gasteiger partial charge in [-0.1, -0.05) is 19.1 Å². The molecule has 5 nitrogen and oxygen atoms in total. The number of hydrogen-bond donors (Lipinski definition) is 2. The second-order valence-electron chi connectivity index (χ2n) is 4.47. The second-order valence-corrected chi connectivity index (χ2v) is 5.50. The maximum Gasteiger partial charge on any atom is 0.323 e. The number of hydrogen-bond acceptors (Lipinski definition) is 5. The van der Waals surface area contributed by atoms with Gasteiger partial charge in [0.1, 0.15) is 6.04 Å². The van der Waals surface area contributed by atoms with Crippen molar-refractivity contribution < 1.29 is 14.3 Å². The first-order valence-corrected chi connectivity index (χ1v) is 8.11. The van der Waals surface area contributed by atoms with E-state index in [2.05, 4.69) is 12.2 Å². The summed E-state index contributed by atoms with van der Waals surface area (Å²) in [7, 11) is 0. The van der Waals surface area contributed by atoms with Crippen molar-refractivity contribution in [3.8, 4) is 0 Å². The Balaban J connectivity index is 2.29. The number of carbonyl (C=O) groups is 2. The normalized spacial score (nSPS) is 11.8. The molecule has 1 aromatic rings. The Kier molecular flexibility index (Phi) is 7.85. The molecular formula is C15H22N2O3S. The van der Waals surface area contributed by atoms with Crippen LogP contribution in [0.25, 0.3) is 0 Å². The number of carbonyl (C=O) groups excluding carboxylic acids is 2. The van der Waals surface area contributed by atoms with E-state index in [0.29, 0.717) is 12.4 Å². The summed E-state index contributed by atoms with van der Waals surface area (Å²) in [5.41, 5.74) is 7.64. The molecular weight excluding hydrogens is 288 g/mol. The van der Waals surface area contributed by atoms with Gasteiger partial charge in [0.2, 0.25) is 5.91 Å². The summed E-state index contributed by atoms with van der Waals surface area (Å²) in [6, 6.07) is 7.04. The zero-order valence-electron chi connectivity index (χ0n) is 12.4. The third kappa shape index (κ3) is 6.64. The summed E-state index contributed by atoms with van der Waals surface area (Å²) in [5, 5.41) is 2.80. The Morgan fingerprint density at radius 3 is 2.52 bits per heavy atom. The van der Waals surface area contributed by atoms with Crippen LogP contribution in [0.2, 0.25) is 0 Å². The van der Waals surface area contributed by atoms with Gasteiger partial charge in [-0.05, 0) is 31.0 Å². The van der Waals surface area contributed by atoms with Crippen LogP contribution in [0, 0.1) is 0 Å². The van der Waals surface area contributed by atoms with Crippen LogP contribution in [0.1, 0.15) is 19.4 Å². The molecule has 1 unspecified atom stereocenters. The molecule has 1 atom stereocenters. The first kappa shape index (κ1) is 17.5. The van der Waals surface area contributed by atoms with E-state index in [4.69, 9.17) is 10.5 Å². The predicted octanol–water partition coefficient (Wildman–Crippen LogP) is 1.81. The van der Waals surface area contributed by atoms with Crippen molar-refractivity contribution in [2.24, 2.45) is 5.73 Å². The van der Waals surface area contributed by atoms with Crippen molar-refractivity contribution in [3.05, 3.63) is 29.8 Å². The Bertz CT molecular complexity index is 462. The lowest BCUT2D eigenvalue weighted by Gasteiger charge is -2.10. The maximum atomic E-state index is 11.8. The Hall–Kier alpha value is -1.53. The van der Waals surface area contributed by atoms with Crippen molar-refractivity contribution >= 4 is 29.3 Å². The van der Waals surface area contributed by atoms with Gasteiger partial charge in [-0.15, -0.1) is 11.8 Å². The second kappa shape index (κ2) is 9.41. The lowest BCUT2D eigenvalue weighted by Crippen LogP contribution is -2.35. The minimum atomic E-state index is -0.688. The molecule has 0 aromatic heterocycles. The molecule has 21 heavy (non-hydrogen) atoms. The van der Waals surface area contributed by atoms with Crippen molar-refractivity contribution in [1.29, 1.82) is 0 Å². The highest BCUT2D eigenvalue weighted by Crippen LogP contribution is 2.11. The highest BCUT2D eigenvalue weighted by Gasteiger charge is 2.15. The molecule has 0 aliphatic heterocycles. The van der Waals surface area contributed by atoms with Crippen LogP contribution in [0.5, 0.6) is 0 Å². The Morgan fingerprint density at radius 1 is 1.29 bits per heavy atom. The van der Waals surface area contributed by atoms with E-state index in [-0.39, 0.29) is 11.7 Å². The fourth-order valence-electron chi connectivity index (χ4n) is 1.62. The van der Waals surface area contributed by atoms with Gasteiger partial charge in [0.25, 0.3) is 0 Å². The fourth-order valence-corrected chi connectivity index (χ4v) is 2.38. The van der Waals surface area contributed by atoms with Gasteiger partial charge in [-0.25, -0.2) is 0 Å². The number of nitrogens with two attached hydrogens (primary N) is 1. The molecule has 0 spiro atoms. The first-order chi connectivity index (χ1) is 10.1. The van der Waals surface area contributed by atoms with Crippen LogP contribution in [0.15, 0.2) is 24.3 Å². The molecule has 116 valence electrons. The number of ether oxygens (including phenoxy) is 1. The van der Waals surface area contributed by atoms with E-state index in [0.717, 1.165) is 12.1 Å². The average Bonchev–Trinajstić information content (AvgIpc) is 2.48. The molecule has 0 saturated carbocycles. The molecule has 1 rings (SSSR count). The molecule has 0 heterocycles. The van der Waals surface area contributed by atoms with Crippen molar-refractivity contribution in [2.75, 3.05) is 23.4 Å². The summed E-state index contributed by atoms with van der Waals surface area (Å²) in [5.74, 6) is 0.0739. The van der Waals surface area contributed by atoms with Gasteiger partial charge in [0.05, 0.1) is 12.4 Å². The number of rotatable bonds is 8. The monoisotopic (exact) mass is 310 g/mol. The highest BCUT2D eigenvalue weighted by atomic mass is 32.2. The average molecular weight is 310 g/mol. The van der Waals surface area contributed by atoms with E-state index < -0.39 is 12.0 Å². The lowest BCUT2D eigenvalue weighted by atomic mass is 10.1. The van der Waals surface area contributed by atoms with Crippen molar-refractivity contribution in [1.82, 2.24) is 0 Å². The molecule has 3 N–H and O–H groups in total. The largest absolute Gasteiger partial charge is 0.465 e. The van der Waals surface area contributed by atoms with Gasteiger partial charge < -0.3 is 15.8 Å². The van der Waals surface area contributed by atoms with Gasteiger partial charge in [-0.2, -0.15) is 0 Å². The van der Waals surface area contributed by atoms with Crippen LogP contribution in [-0.2, 0) is 20.7 Å². The molecule has 0 aliphatic rings. The Morgan fingerprint density at radius 2 is 1.95 bits per heavy atom. The zero-order valence-corrected chi connectivity index (χ0v) is 13.2. The van der Waals surface area contributed by atoms with Crippen molar-refractivity contribution in [3.63, 3.8) is 0 Å². The van der Waals surface area contributed by atoms with E-state index in [1.54, 1.807) is 6.92 Å². The summed E-state index contributed by atoms with van der Waals surface area (Å²) < 4.78 is 4.80.